The first-order chi connectivity index (χ1) is 13.7. The fraction of sp³-hybridized carbons (Fsp3) is 0.571. The van der Waals surface area contributed by atoms with E-state index in [2.05, 4.69) is 15.5 Å². The highest BCUT2D eigenvalue weighted by atomic mass is 35.5. The third-order valence-electron chi connectivity index (χ3n) is 5.61. The van der Waals surface area contributed by atoms with Crippen molar-refractivity contribution in [1.82, 2.24) is 20.4 Å². The monoisotopic (exact) mass is 420 g/mol. The number of hydrogen-bond acceptors (Lipinski definition) is 6. The number of carbonyl (C=O) groups is 1. The van der Waals surface area contributed by atoms with Crippen molar-refractivity contribution < 1.29 is 14.1 Å². The minimum absolute atomic E-state index is 0. The van der Waals surface area contributed by atoms with Gasteiger partial charge >= 0.3 is 0 Å². The Bertz CT molecular complexity index is 783. The van der Waals surface area contributed by atoms with Crippen LogP contribution in [0.5, 0.6) is 5.75 Å². The maximum absolute atomic E-state index is 12.5. The Balaban J connectivity index is 0.00000240. The average Bonchev–Trinajstić information content (AvgIpc) is 3.46. The van der Waals surface area contributed by atoms with Gasteiger partial charge in [-0.3, -0.25) is 4.79 Å². The van der Waals surface area contributed by atoms with Crippen molar-refractivity contribution in [3.8, 4) is 17.1 Å². The maximum Gasteiger partial charge on any atom is 0.227 e. The molecule has 2 aromatic rings. The highest BCUT2D eigenvalue weighted by Gasteiger charge is 2.26. The van der Waals surface area contributed by atoms with Crippen molar-refractivity contribution in [1.29, 1.82) is 0 Å². The molecule has 0 atom stereocenters. The molecule has 29 heavy (non-hydrogen) atoms. The predicted molar refractivity (Wildman–Crippen MR) is 112 cm³/mol. The Morgan fingerprint density at radius 1 is 1.21 bits per heavy atom. The molecule has 1 amide bonds. The number of nitrogens with zero attached hydrogens (tertiary/aromatic N) is 3. The molecule has 1 aliphatic carbocycles. The first-order valence-electron chi connectivity index (χ1n) is 10.2. The molecule has 1 N–H and O–H groups in total. The summed E-state index contributed by atoms with van der Waals surface area (Å²) in [6.45, 7) is 2.82. The zero-order chi connectivity index (χ0) is 19.3. The topological polar surface area (TPSA) is 80.5 Å². The Morgan fingerprint density at radius 3 is 2.59 bits per heavy atom. The molecule has 2 heterocycles. The predicted octanol–water partition coefficient (Wildman–Crippen LogP) is 3.09. The van der Waals surface area contributed by atoms with Gasteiger partial charge in [0, 0.05) is 37.5 Å². The minimum Gasteiger partial charge on any atom is -0.497 e. The molecule has 2 fully saturated rings. The van der Waals surface area contributed by atoms with Crippen molar-refractivity contribution in [3.05, 3.63) is 30.2 Å². The molecule has 1 saturated carbocycles. The second-order valence-electron chi connectivity index (χ2n) is 7.75. The first-order valence-corrected chi connectivity index (χ1v) is 10.2. The molecular formula is C21H29ClN4O3. The van der Waals surface area contributed by atoms with Crippen molar-refractivity contribution >= 4 is 18.3 Å². The molecule has 0 bridgehead atoms. The molecule has 158 valence electrons. The van der Waals surface area contributed by atoms with Gasteiger partial charge in [0.1, 0.15) is 5.75 Å². The molecular weight excluding hydrogens is 392 g/mol. The summed E-state index contributed by atoms with van der Waals surface area (Å²) >= 11 is 0. The van der Waals surface area contributed by atoms with Gasteiger partial charge in [-0.1, -0.05) is 5.16 Å². The van der Waals surface area contributed by atoms with Crippen LogP contribution in [0.3, 0.4) is 0 Å². The van der Waals surface area contributed by atoms with Gasteiger partial charge in [-0.05, 0) is 62.4 Å². The lowest BCUT2D eigenvalue weighted by molar-refractivity contribution is -0.132. The van der Waals surface area contributed by atoms with E-state index in [-0.39, 0.29) is 18.3 Å². The molecule has 1 aliphatic heterocycles. The van der Waals surface area contributed by atoms with E-state index in [1.54, 1.807) is 7.11 Å². The van der Waals surface area contributed by atoms with Crippen molar-refractivity contribution in [3.63, 3.8) is 0 Å². The Kier molecular flexibility index (Phi) is 7.50. The van der Waals surface area contributed by atoms with Crippen LogP contribution >= 0.6 is 12.4 Å². The Morgan fingerprint density at radius 2 is 1.93 bits per heavy atom. The summed E-state index contributed by atoms with van der Waals surface area (Å²) in [7, 11) is 1.63. The summed E-state index contributed by atoms with van der Waals surface area (Å²) in [6.07, 6.45) is 5.72. The summed E-state index contributed by atoms with van der Waals surface area (Å²) in [5.41, 5.74) is 0.864. The van der Waals surface area contributed by atoms with Crippen LogP contribution in [0.15, 0.2) is 28.8 Å². The summed E-state index contributed by atoms with van der Waals surface area (Å²) in [5, 5.41) is 7.67. The SMILES string of the molecule is COc1ccc(-c2noc(CCC(=O)N3CCC(NCC4CC4)CC3)n2)cc1.Cl. The number of aromatic nitrogens is 2. The van der Waals surface area contributed by atoms with E-state index in [0.717, 1.165) is 49.7 Å². The average molecular weight is 421 g/mol. The quantitative estimate of drug-likeness (QED) is 0.706. The number of nitrogens with one attached hydrogen (secondary N) is 1. The number of piperidine rings is 1. The summed E-state index contributed by atoms with van der Waals surface area (Å²) in [5.74, 6) is 2.89. The van der Waals surface area contributed by atoms with Gasteiger partial charge in [-0.15, -0.1) is 12.4 Å². The highest BCUT2D eigenvalue weighted by molar-refractivity contribution is 5.85. The van der Waals surface area contributed by atoms with E-state index >= 15 is 0 Å². The normalized spacial score (nSPS) is 17.1. The molecule has 7 nitrogen and oxygen atoms in total. The third-order valence-corrected chi connectivity index (χ3v) is 5.61. The van der Waals surface area contributed by atoms with Crippen LogP contribution in [-0.2, 0) is 11.2 Å². The smallest absolute Gasteiger partial charge is 0.227 e. The second kappa shape index (κ2) is 10.1. The lowest BCUT2D eigenvalue weighted by Crippen LogP contribution is -2.45. The number of rotatable bonds is 8. The van der Waals surface area contributed by atoms with Gasteiger partial charge in [0.2, 0.25) is 17.6 Å². The van der Waals surface area contributed by atoms with E-state index in [1.807, 2.05) is 29.2 Å². The number of aryl methyl sites for hydroxylation is 1. The van der Waals surface area contributed by atoms with Gasteiger partial charge in [-0.25, -0.2) is 0 Å². The summed E-state index contributed by atoms with van der Waals surface area (Å²) in [4.78, 5) is 18.9. The summed E-state index contributed by atoms with van der Waals surface area (Å²) < 4.78 is 10.5. The van der Waals surface area contributed by atoms with Gasteiger partial charge in [-0.2, -0.15) is 4.98 Å². The van der Waals surface area contributed by atoms with Crippen LogP contribution in [0.2, 0.25) is 0 Å². The van der Waals surface area contributed by atoms with Crippen LogP contribution in [0, 0.1) is 5.92 Å². The number of likely N-dealkylation sites (tertiary alicyclic amines) is 1. The standard InChI is InChI=1S/C21H28N4O3.ClH/c1-27-18-6-4-16(5-7-18)21-23-19(28-24-21)8-9-20(26)25-12-10-17(11-13-25)22-14-15-2-3-15;/h4-7,15,17,22H,2-3,8-14H2,1H3;1H. The van der Waals surface area contributed by atoms with Crippen LogP contribution in [0.25, 0.3) is 11.4 Å². The maximum atomic E-state index is 12.5. The zero-order valence-electron chi connectivity index (χ0n) is 16.8. The number of halogens is 1. The molecule has 8 heteroatoms. The van der Waals surface area contributed by atoms with Gasteiger partial charge in [0.25, 0.3) is 0 Å². The fourth-order valence-corrected chi connectivity index (χ4v) is 3.57. The van der Waals surface area contributed by atoms with E-state index in [1.165, 1.54) is 12.8 Å². The Labute approximate surface area is 177 Å². The Hall–Kier alpha value is -2.12. The number of benzene rings is 1. The first kappa shape index (κ1) is 21.6. The van der Waals surface area contributed by atoms with E-state index in [4.69, 9.17) is 9.26 Å². The van der Waals surface area contributed by atoms with Gasteiger partial charge in [0.15, 0.2) is 0 Å². The molecule has 2 aliphatic rings. The number of ether oxygens (including phenoxy) is 1. The van der Waals surface area contributed by atoms with Gasteiger partial charge < -0.3 is 19.5 Å². The zero-order valence-corrected chi connectivity index (χ0v) is 17.6. The lowest BCUT2D eigenvalue weighted by Gasteiger charge is -2.32. The summed E-state index contributed by atoms with van der Waals surface area (Å²) in [6, 6.07) is 8.06. The van der Waals surface area contributed by atoms with Crippen molar-refractivity contribution in [2.75, 3.05) is 26.7 Å². The molecule has 0 radical (unpaired) electrons. The minimum atomic E-state index is 0. The highest BCUT2D eigenvalue weighted by Crippen LogP contribution is 2.28. The molecule has 1 aromatic heterocycles. The van der Waals surface area contributed by atoms with Crippen LogP contribution < -0.4 is 10.1 Å². The van der Waals surface area contributed by atoms with Crippen LogP contribution in [-0.4, -0.2) is 53.7 Å². The second-order valence-corrected chi connectivity index (χ2v) is 7.75. The van der Waals surface area contributed by atoms with Crippen molar-refractivity contribution in [2.24, 2.45) is 5.92 Å². The van der Waals surface area contributed by atoms with E-state index < -0.39 is 0 Å². The number of carbonyl (C=O) groups excluding carboxylic acids is 1. The van der Waals surface area contributed by atoms with Gasteiger partial charge in [0.05, 0.1) is 7.11 Å². The number of methoxy groups -OCH3 is 1. The molecule has 1 aromatic carbocycles. The lowest BCUT2D eigenvalue weighted by atomic mass is 10.0. The van der Waals surface area contributed by atoms with Crippen LogP contribution in [0.1, 0.15) is 38.0 Å². The van der Waals surface area contributed by atoms with E-state index in [0.29, 0.717) is 30.6 Å². The molecule has 1 saturated heterocycles. The largest absolute Gasteiger partial charge is 0.497 e. The van der Waals surface area contributed by atoms with Crippen molar-refractivity contribution in [2.45, 2.75) is 44.6 Å². The molecule has 0 unspecified atom stereocenters. The van der Waals surface area contributed by atoms with E-state index in [9.17, 15) is 4.79 Å². The third kappa shape index (κ3) is 5.93. The number of hydrogen-bond donors (Lipinski definition) is 1. The fourth-order valence-electron chi connectivity index (χ4n) is 3.57. The number of amides is 1. The molecule has 0 spiro atoms. The molecule has 4 rings (SSSR count). The van der Waals surface area contributed by atoms with Crippen LogP contribution in [0.4, 0.5) is 0 Å².